The Labute approximate surface area is 119 Å². The first-order chi connectivity index (χ1) is 9.78. The molecule has 1 aromatic heterocycles. The van der Waals surface area contributed by atoms with E-state index >= 15 is 0 Å². The lowest BCUT2D eigenvalue weighted by molar-refractivity contribution is 0.906. The summed E-state index contributed by atoms with van der Waals surface area (Å²) < 4.78 is 0. The van der Waals surface area contributed by atoms with Gasteiger partial charge in [0.15, 0.2) is 0 Å². The van der Waals surface area contributed by atoms with Crippen molar-refractivity contribution >= 4 is 16.7 Å². The number of nitrogens with zero attached hydrogens (tertiary/aromatic N) is 3. The zero-order valence-corrected chi connectivity index (χ0v) is 11.9. The number of benzene rings is 1. The molecule has 0 radical (unpaired) electrons. The summed E-state index contributed by atoms with van der Waals surface area (Å²) in [7, 11) is 0. The molecule has 0 unspecified atom stereocenters. The molecule has 3 rings (SSSR count). The van der Waals surface area contributed by atoms with Crippen LogP contribution in [0.3, 0.4) is 0 Å². The van der Waals surface area contributed by atoms with E-state index in [0.717, 1.165) is 30.8 Å². The number of aryl methyl sites for hydroxylation is 2. The van der Waals surface area contributed by atoms with E-state index in [1.54, 1.807) is 0 Å². The molecular formula is C17H19N3. The highest BCUT2D eigenvalue weighted by molar-refractivity contribution is 5.82. The lowest BCUT2D eigenvalue weighted by Crippen LogP contribution is -2.20. The van der Waals surface area contributed by atoms with Crippen molar-refractivity contribution < 1.29 is 0 Å². The highest BCUT2D eigenvalue weighted by Gasteiger charge is 2.17. The van der Waals surface area contributed by atoms with Gasteiger partial charge in [0.2, 0.25) is 0 Å². The average molecular weight is 265 g/mol. The molecule has 102 valence electrons. The summed E-state index contributed by atoms with van der Waals surface area (Å²) >= 11 is 0. The second-order valence-corrected chi connectivity index (χ2v) is 5.52. The van der Waals surface area contributed by atoms with E-state index in [1.165, 1.54) is 29.4 Å². The molecule has 2 heterocycles. The van der Waals surface area contributed by atoms with Crippen molar-refractivity contribution in [2.24, 2.45) is 0 Å². The molecule has 1 aromatic carbocycles. The van der Waals surface area contributed by atoms with E-state index in [2.05, 4.69) is 42.2 Å². The second-order valence-electron chi connectivity index (χ2n) is 5.52. The van der Waals surface area contributed by atoms with Crippen LogP contribution in [-0.4, -0.2) is 18.1 Å². The largest absolute Gasteiger partial charge is 0.356 e. The van der Waals surface area contributed by atoms with Gasteiger partial charge in [0.1, 0.15) is 5.82 Å². The maximum atomic E-state index is 8.85. The van der Waals surface area contributed by atoms with Crippen LogP contribution in [0.1, 0.15) is 30.4 Å². The SMILES string of the molecule is Cc1ccc2cc(CCC#N)c(N3CCCC3)nc2c1. The Balaban J connectivity index is 2.09. The lowest BCUT2D eigenvalue weighted by Gasteiger charge is -2.20. The van der Waals surface area contributed by atoms with Crippen molar-refractivity contribution in [2.75, 3.05) is 18.0 Å². The van der Waals surface area contributed by atoms with Gasteiger partial charge in [-0.25, -0.2) is 4.98 Å². The molecule has 0 N–H and O–H groups in total. The number of anilines is 1. The van der Waals surface area contributed by atoms with Gasteiger partial charge in [0, 0.05) is 24.9 Å². The Morgan fingerprint density at radius 3 is 2.80 bits per heavy atom. The molecule has 1 saturated heterocycles. The van der Waals surface area contributed by atoms with Crippen LogP contribution in [-0.2, 0) is 6.42 Å². The predicted octanol–water partition coefficient (Wildman–Crippen LogP) is 3.60. The molecule has 0 atom stereocenters. The monoisotopic (exact) mass is 265 g/mol. The van der Waals surface area contributed by atoms with Crippen molar-refractivity contribution in [1.82, 2.24) is 4.98 Å². The summed E-state index contributed by atoms with van der Waals surface area (Å²) in [4.78, 5) is 7.26. The van der Waals surface area contributed by atoms with Gasteiger partial charge in [-0.1, -0.05) is 12.1 Å². The van der Waals surface area contributed by atoms with Gasteiger partial charge in [-0.15, -0.1) is 0 Å². The Morgan fingerprint density at radius 2 is 2.05 bits per heavy atom. The maximum absolute atomic E-state index is 8.85. The Bertz CT molecular complexity index is 664. The molecule has 3 heteroatoms. The van der Waals surface area contributed by atoms with Gasteiger partial charge in [-0.3, -0.25) is 0 Å². The molecule has 0 aliphatic carbocycles. The number of hydrogen-bond acceptors (Lipinski definition) is 3. The molecule has 0 spiro atoms. The number of pyridine rings is 1. The first-order valence-corrected chi connectivity index (χ1v) is 7.30. The molecule has 0 bridgehead atoms. The standard InChI is InChI=1S/C17H19N3/c1-13-6-7-14-12-15(5-4-8-18)17(19-16(14)11-13)20-9-2-3-10-20/h6-7,11-12H,2-5,9-10H2,1H3. The van der Waals surface area contributed by atoms with Crippen molar-refractivity contribution in [1.29, 1.82) is 5.26 Å². The van der Waals surface area contributed by atoms with Crippen LogP contribution in [0, 0.1) is 18.3 Å². The van der Waals surface area contributed by atoms with Gasteiger partial charge in [0.05, 0.1) is 11.6 Å². The van der Waals surface area contributed by atoms with E-state index in [0.29, 0.717) is 6.42 Å². The Kier molecular flexibility index (Phi) is 3.56. The summed E-state index contributed by atoms with van der Waals surface area (Å²) in [6, 6.07) is 10.8. The molecule has 20 heavy (non-hydrogen) atoms. The van der Waals surface area contributed by atoms with Gasteiger partial charge in [0.25, 0.3) is 0 Å². The first kappa shape index (κ1) is 12.9. The highest BCUT2D eigenvalue weighted by Crippen LogP contribution is 2.27. The van der Waals surface area contributed by atoms with Gasteiger partial charge >= 0.3 is 0 Å². The normalized spacial score (nSPS) is 14.7. The quantitative estimate of drug-likeness (QED) is 0.851. The lowest BCUT2D eigenvalue weighted by atomic mass is 10.1. The van der Waals surface area contributed by atoms with Crippen molar-refractivity contribution in [3.8, 4) is 6.07 Å². The van der Waals surface area contributed by atoms with E-state index < -0.39 is 0 Å². The number of fused-ring (bicyclic) bond motifs is 1. The fourth-order valence-electron chi connectivity index (χ4n) is 2.89. The van der Waals surface area contributed by atoms with E-state index in [-0.39, 0.29) is 0 Å². The number of rotatable bonds is 3. The van der Waals surface area contributed by atoms with Crippen LogP contribution >= 0.6 is 0 Å². The molecule has 3 nitrogen and oxygen atoms in total. The minimum absolute atomic E-state index is 0.555. The average Bonchev–Trinajstić information content (AvgIpc) is 2.98. The van der Waals surface area contributed by atoms with Crippen molar-refractivity contribution in [2.45, 2.75) is 32.6 Å². The minimum atomic E-state index is 0.555. The van der Waals surface area contributed by atoms with Crippen molar-refractivity contribution in [3.05, 3.63) is 35.4 Å². The van der Waals surface area contributed by atoms with Crippen LogP contribution in [0.4, 0.5) is 5.82 Å². The summed E-state index contributed by atoms with van der Waals surface area (Å²) in [5, 5.41) is 10.0. The summed E-state index contributed by atoms with van der Waals surface area (Å²) in [6.45, 7) is 4.27. The van der Waals surface area contributed by atoms with Gasteiger partial charge in [-0.2, -0.15) is 5.26 Å². The molecule has 2 aromatic rings. The van der Waals surface area contributed by atoms with Crippen LogP contribution in [0.15, 0.2) is 24.3 Å². The van der Waals surface area contributed by atoms with Gasteiger partial charge in [-0.05, 0) is 49.4 Å². The Morgan fingerprint density at radius 1 is 1.25 bits per heavy atom. The third-order valence-electron chi connectivity index (χ3n) is 3.94. The summed E-state index contributed by atoms with van der Waals surface area (Å²) in [5.74, 6) is 1.09. The predicted molar refractivity (Wildman–Crippen MR) is 81.9 cm³/mol. The summed E-state index contributed by atoms with van der Waals surface area (Å²) in [5.41, 5.74) is 3.51. The Hall–Kier alpha value is -2.08. The maximum Gasteiger partial charge on any atom is 0.132 e. The molecule has 1 fully saturated rings. The molecule has 0 amide bonds. The fourth-order valence-corrected chi connectivity index (χ4v) is 2.89. The number of hydrogen-bond donors (Lipinski definition) is 0. The zero-order valence-electron chi connectivity index (χ0n) is 11.9. The smallest absolute Gasteiger partial charge is 0.132 e. The van der Waals surface area contributed by atoms with E-state index in [1.807, 2.05) is 0 Å². The van der Waals surface area contributed by atoms with Gasteiger partial charge < -0.3 is 4.90 Å². The molecule has 1 aliphatic heterocycles. The number of nitriles is 1. The summed E-state index contributed by atoms with van der Waals surface area (Å²) in [6.07, 6.45) is 3.83. The van der Waals surface area contributed by atoms with Crippen LogP contribution < -0.4 is 4.90 Å². The van der Waals surface area contributed by atoms with Crippen LogP contribution in [0.2, 0.25) is 0 Å². The fraction of sp³-hybridized carbons (Fsp3) is 0.412. The van der Waals surface area contributed by atoms with Crippen molar-refractivity contribution in [3.63, 3.8) is 0 Å². The molecule has 0 saturated carbocycles. The number of aromatic nitrogens is 1. The zero-order chi connectivity index (χ0) is 13.9. The van der Waals surface area contributed by atoms with E-state index in [4.69, 9.17) is 10.2 Å². The highest BCUT2D eigenvalue weighted by atomic mass is 15.2. The third-order valence-corrected chi connectivity index (χ3v) is 3.94. The van der Waals surface area contributed by atoms with Crippen LogP contribution in [0.5, 0.6) is 0 Å². The second kappa shape index (κ2) is 5.50. The topological polar surface area (TPSA) is 39.9 Å². The minimum Gasteiger partial charge on any atom is -0.356 e. The molecule has 1 aliphatic rings. The van der Waals surface area contributed by atoms with Crippen LogP contribution in [0.25, 0.3) is 10.9 Å². The first-order valence-electron chi connectivity index (χ1n) is 7.30. The third kappa shape index (κ3) is 2.46. The van der Waals surface area contributed by atoms with E-state index in [9.17, 15) is 0 Å². The molecular weight excluding hydrogens is 246 g/mol.